The van der Waals surface area contributed by atoms with E-state index in [-0.39, 0.29) is 5.60 Å². The fraction of sp³-hybridized carbons (Fsp3) is 0.692. The van der Waals surface area contributed by atoms with Crippen molar-refractivity contribution in [2.75, 3.05) is 12.3 Å². The van der Waals surface area contributed by atoms with Gasteiger partial charge in [0, 0.05) is 6.61 Å². The molecule has 0 aromatic carbocycles. The molecule has 1 fully saturated rings. The van der Waals surface area contributed by atoms with Crippen LogP contribution in [0.15, 0.2) is 4.47 Å². The topological polar surface area (TPSA) is 61.0 Å². The molecule has 1 saturated heterocycles. The zero-order valence-electron chi connectivity index (χ0n) is 11.0. The molecule has 0 bridgehead atoms. The SMILES string of the molecule is CCCc1nc(C2(C)CCCCO2)nc(N)c1Br. The monoisotopic (exact) mass is 313 g/mol. The lowest BCUT2D eigenvalue weighted by Gasteiger charge is -2.32. The Morgan fingerprint density at radius 2 is 2.17 bits per heavy atom. The number of halogens is 1. The van der Waals surface area contributed by atoms with E-state index in [0.29, 0.717) is 5.82 Å². The minimum absolute atomic E-state index is 0.379. The second-order valence-corrected chi connectivity index (χ2v) is 5.77. The van der Waals surface area contributed by atoms with Crippen LogP contribution in [0.5, 0.6) is 0 Å². The standard InChI is InChI=1S/C13H20BrN3O/c1-3-6-9-10(14)11(15)17-12(16-9)13(2)7-4-5-8-18-13/h3-8H2,1-2H3,(H2,15,16,17). The van der Waals surface area contributed by atoms with Gasteiger partial charge in [-0.05, 0) is 48.5 Å². The smallest absolute Gasteiger partial charge is 0.162 e. The van der Waals surface area contributed by atoms with Crippen LogP contribution < -0.4 is 5.73 Å². The van der Waals surface area contributed by atoms with E-state index in [1.807, 2.05) is 0 Å². The fourth-order valence-corrected chi connectivity index (χ4v) is 2.64. The van der Waals surface area contributed by atoms with Gasteiger partial charge < -0.3 is 10.5 Å². The maximum atomic E-state index is 5.96. The molecule has 0 saturated carbocycles. The lowest BCUT2D eigenvalue weighted by atomic mass is 9.95. The first-order valence-electron chi connectivity index (χ1n) is 6.53. The number of nitrogens with zero attached hydrogens (tertiary/aromatic N) is 2. The fourth-order valence-electron chi connectivity index (χ4n) is 2.26. The molecule has 1 unspecified atom stereocenters. The van der Waals surface area contributed by atoms with Crippen molar-refractivity contribution in [1.29, 1.82) is 0 Å². The molecule has 5 heteroatoms. The first kappa shape index (κ1) is 13.7. The average Bonchev–Trinajstić information content (AvgIpc) is 2.36. The van der Waals surface area contributed by atoms with Gasteiger partial charge >= 0.3 is 0 Å². The van der Waals surface area contributed by atoms with Gasteiger partial charge in [-0.3, -0.25) is 0 Å². The molecule has 1 aromatic heterocycles. The van der Waals surface area contributed by atoms with Crippen LogP contribution in [-0.2, 0) is 16.8 Å². The van der Waals surface area contributed by atoms with E-state index in [1.54, 1.807) is 0 Å². The zero-order valence-corrected chi connectivity index (χ0v) is 12.6. The van der Waals surface area contributed by atoms with Crippen molar-refractivity contribution in [3.8, 4) is 0 Å². The van der Waals surface area contributed by atoms with Crippen molar-refractivity contribution in [3.05, 3.63) is 16.0 Å². The van der Waals surface area contributed by atoms with Crippen molar-refractivity contribution in [2.24, 2.45) is 0 Å². The third-order valence-corrected chi connectivity index (χ3v) is 4.24. The zero-order chi connectivity index (χ0) is 13.2. The third-order valence-electron chi connectivity index (χ3n) is 3.37. The highest BCUT2D eigenvalue weighted by Gasteiger charge is 2.33. The van der Waals surface area contributed by atoms with Gasteiger partial charge in [0.25, 0.3) is 0 Å². The number of anilines is 1. The molecule has 18 heavy (non-hydrogen) atoms. The summed E-state index contributed by atoms with van der Waals surface area (Å²) in [5, 5.41) is 0. The van der Waals surface area contributed by atoms with E-state index in [9.17, 15) is 0 Å². The van der Waals surface area contributed by atoms with Crippen molar-refractivity contribution >= 4 is 21.7 Å². The largest absolute Gasteiger partial charge is 0.383 e. The van der Waals surface area contributed by atoms with Gasteiger partial charge in [-0.25, -0.2) is 9.97 Å². The van der Waals surface area contributed by atoms with Gasteiger partial charge in [0.1, 0.15) is 11.4 Å². The Hall–Kier alpha value is -0.680. The predicted octanol–water partition coefficient (Wildman–Crippen LogP) is 3.19. The molecule has 100 valence electrons. The van der Waals surface area contributed by atoms with E-state index in [1.165, 1.54) is 0 Å². The molecule has 1 atom stereocenters. The molecule has 1 aromatic rings. The van der Waals surface area contributed by atoms with Crippen molar-refractivity contribution in [2.45, 2.75) is 51.6 Å². The highest BCUT2D eigenvalue weighted by atomic mass is 79.9. The first-order chi connectivity index (χ1) is 8.57. The minimum atomic E-state index is -0.379. The Kier molecular flexibility index (Phi) is 4.22. The lowest BCUT2D eigenvalue weighted by Crippen LogP contribution is -2.33. The Balaban J connectivity index is 2.38. The number of ether oxygens (including phenoxy) is 1. The maximum Gasteiger partial charge on any atom is 0.162 e. The number of hydrogen-bond acceptors (Lipinski definition) is 4. The van der Waals surface area contributed by atoms with Crippen LogP contribution in [0.4, 0.5) is 5.82 Å². The van der Waals surface area contributed by atoms with E-state index in [4.69, 9.17) is 10.5 Å². The number of nitrogen functional groups attached to an aromatic ring is 1. The molecule has 2 rings (SSSR count). The second kappa shape index (κ2) is 5.53. The average molecular weight is 314 g/mol. The number of hydrogen-bond donors (Lipinski definition) is 1. The van der Waals surface area contributed by atoms with Crippen molar-refractivity contribution < 1.29 is 4.74 Å². The summed E-state index contributed by atoms with van der Waals surface area (Å²) < 4.78 is 6.71. The van der Waals surface area contributed by atoms with Crippen LogP contribution in [0.25, 0.3) is 0 Å². The summed E-state index contributed by atoms with van der Waals surface area (Å²) in [6.07, 6.45) is 5.16. The third kappa shape index (κ3) is 2.67. The Bertz CT molecular complexity index is 430. The molecule has 4 nitrogen and oxygen atoms in total. The summed E-state index contributed by atoms with van der Waals surface area (Å²) in [5.74, 6) is 1.24. The van der Waals surface area contributed by atoms with Gasteiger partial charge in [-0.15, -0.1) is 0 Å². The van der Waals surface area contributed by atoms with Crippen molar-refractivity contribution in [1.82, 2.24) is 9.97 Å². The Morgan fingerprint density at radius 3 is 2.78 bits per heavy atom. The normalized spacial score (nSPS) is 24.2. The van der Waals surface area contributed by atoms with Crippen LogP contribution in [0.3, 0.4) is 0 Å². The summed E-state index contributed by atoms with van der Waals surface area (Å²) >= 11 is 3.47. The van der Waals surface area contributed by atoms with Crippen LogP contribution in [-0.4, -0.2) is 16.6 Å². The summed E-state index contributed by atoms with van der Waals surface area (Å²) in [4.78, 5) is 9.06. The van der Waals surface area contributed by atoms with Crippen LogP contribution in [0.2, 0.25) is 0 Å². The molecule has 2 heterocycles. The minimum Gasteiger partial charge on any atom is -0.383 e. The summed E-state index contributed by atoms with van der Waals surface area (Å²) in [6.45, 7) is 4.97. The maximum absolute atomic E-state index is 5.96. The molecular formula is C13H20BrN3O. The Morgan fingerprint density at radius 1 is 1.39 bits per heavy atom. The molecule has 0 radical (unpaired) electrons. The summed E-state index contributed by atoms with van der Waals surface area (Å²) in [5.41, 5.74) is 6.57. The van der Waals surface area contributed by atoms with Gasteiger partial charge in [-0.1, -0.05) is 13.3 Å². The van der Waals surface area contributed by atoms with Crippen LogP contribution >= 0.6 is 15.9 Å². The van der Waals surface area contributed by atoms with Crippen LogP contribution in [0, 0.1) is 0 Å². The van der Waals surface area contributed by atoms with Gasteiger partial charge in [0.15, 0.2) is 5.82 Å². The summed E-state index contributed by atoms with van der Waals surface area (Å²) in [7, 11) is 0. The summed E-state index contributed by atoms with van der Waals surface area (Å²) in [6, 6.07) is 0. The number of aryl methyl sites for hydroxylation is 1. The molecule has 0 spiro atoms. The number of nitrogens with two attached hydrogens (primary N) is 1. The highest BCUT2D eigenvalue weighted by molar-refractivity contribution is 9.10. The quantitative estimate of drug-likeness (QED) is 0.931. The molecule has 1 aliphatic heterocycles. The first-order valence-corrected chi connectivity index (χ1v) is 7.32. The predicted molar refractivity (Wildman–Crippen MR) is 75.3 cm³/mol. The van der Waals surface area contributed by atoms with Gasteiger partial charge in [0.2, 0.25) is 0 Å². The molecule has 2 N–H and O–H groups in total. The van der Waals surface area contributed by atoms with E-state index >= 15 is 0 Å². The number of aromatic nitrogens is 2. The molecular weight excluding hydrogens is 294 g/mol. The molecule has 1 aliphatic rings. The van der Waals surface area contributed by atoms with E-state index in [2.05, 4.69) is 39.7 Å². The highest BCUT2D eigenvalue weighted by Crippen LogP contribution is 2.34. The van der Waals surface area contributed by atoms with Crippen LogP contribution in [0.1, 0.15) is 51.0 Å². The number of rotatable bonds is 3. The Labute approximate surface area is 116 Å². The molecule has 0 aliphatic carbocycles. The second-order valence-electron chi connectivity index (χ2n) is 4.98. The molecule has 0 amide bonds. The van der Waals surface area contributed by atoms with Gasteiger partial charge in [0.05, 0.1) is 10.2 Å². The van der Waals surface area contributed by atoms with E-state index in [0.717, 1.165) is 54.7 Å². The van der Waals surface area contributed by atoms with Gasteiger partial charge in [-0.2, -0.15) is 0 Å². The lowest BCUT2D eigenvalue weighted by molar-refractivity contribution is -0.0761. The van der Waals surface area contributed by atoms with E-state index < -0.39 is 0 Å². The van der Waals surface area contributed by atoms with Crippen molar-refractivity contribution in [3.63, 3.8) is 0 Å².